The summed E-state index contributed by atoms with van der Waals surface area (Å²) in [5.74, 6) is 0.130. The molecule has 5 nitrogen and oxygen atoms in total. The van der Waals surface area contributed by atoms with Gasteiger partial charge in [-0.1, -0.05) is 32.6 Å². The third-order valence-electron chi connectivity index (χ3n) is 4.17. The Morgan fingerprint density at radius 2 is 1.96 bits per heavy atom. The molecule has 25 heavy (non-hydrogen) atoms. The largest absolute Gasteiger partial charge is 0.342 e. The number of nitrogens with zero attached hydrogens (tertiary/aromatic N) is 3. The van der Waals surface area contributed by atoms with Crippen LogP contribution in [0.4, 0.5) is 0 Å². The van der Waals surface area contributed by atoms with Crippen LogP contribution in [0.1, 0.15) is 64.1 Å². The third kappa shape index (κ3) is 9.34. The second-order valence-corrected chi connectivity index (χ2v) is 6.20. The monoisotopic (exact) mass is 346 g/mol. The lowest BCUT2D eigenvalue weighted by Gasteiger charge is -2.18. The predicted molar refractivity (Wildman–Crippen MR) is 105 cm³/mol. The normalized spacial score (nSPS) is 11.2. The molecule has 0 atom stereocenters. The number of rotatable bonds is 13. The minimum Gasteiger partial charge on any atom is -0.342 e. The van der Waals surface area contributed by atoms with Crippen LogP contribution in [-0.4, -0.2) is 48.2 Å². The standard InChI is InChI=1S/C20H34N4O/c1-4-7-8-9-10-12-21-15-18-11-13-23-19(14-18)16-22-17-20(25)24(5-2)6-3/h11,13-15,22H,4-10,12,16-17H2,1-3H3/b21-15+. The Morgan fingerprint density at radius 1 is 1.20 bits per heavy atom. The van der Waals surface area contributed by atoms with Gasteiger partial charge in [-0.2, -0.15) is 0 Å². The highest BCUT2D eigenvalue weighted by Crippen LogP contribution is 2.03. The first kappa shape index (κ1) is 21.3. The first-order chi connectivity index (χ1) is 12.2. The molecule has 0 unspecified atom stereocenters. The Balaban J connectivity index is 2.33. The number of hydrogen-bond donors (Lipinski definition) is 1. The fourth-order valence-corrected chi connectivity index (χ4v) is 2.64. The summed E-state index contributed by atoms with van der Waals surface area (Å²) in [5, 5.41) is 3.18. The SMILES string of the molecule is CCCCCCC/N=C/c1ccnc(CNCC(=O)N(CC)CC)c1. The van der Waals surface area contributed by atoms with Crippen LogP contribution in [0.2, 0.25) is 0 Å². The van der Waals surface area contributed by atoms with Crippen molar-refractivity contribution in [2.24, 2.45) is 4.99 Å². The van der Waals surface area contributed by atoms with Crippen molar-refractivity contribution in [2.75, 3.05) is 26.2 Å². The summed E-state index contributed by atoms with van der Waals surface area (Å²) in [7, 11) is 0. The lowest BCUT2D eigenvalue weighted by Crippen LogP contribution is -2.37. The van der Waals surface area contributed by atoms with Crippen molar-refractivity contribution in [3.63, 3.8) is 0 Å². The summed E-state index contributed by atoms with van der Waals surface area (Å²) in [6.07, 6.45) is 10.0. The Kier molecular flexibility index (Phi) is 11.5. The molecule has 0 bridgehead atoms. The highest BCUT2D eigenvalue weighted by Gasteiger charge is 2.08. The van der Waals surface area contributed by atoms with Gasteiger partial charge in [0.15, 0.2) is 0 Å². The van der Waals surface area contributed by atoms with Gasteiger partial charge in [-0.3, -0.25) is 14.8 Å². The van der Waals surface area contributed by atoms with E-state index in [0.717, 1.165) is 37.3 Å². The number of hydrogen-bond acceptors (Lipinski definition) is 4. The fourth-order valence-electron chi connectivity index (χ4n) is 2.64. The molecule has 1 amide bonds. The number of likely N-dealkylation sites (N-methyl/N-ethyl adjacent to an activating group) is 1. The summed E-state index contributed by atoms with van der Waals surface area (Å²) in [6, 6.07) is 3.99. The second kappa shape index (κ2) is 13.5. The number of carbonyl (C=O) groups is 1. The van der Waals surface area contributed by atoms with Crippen LogP contribution < -0.4 is 5.32 Å². The maximum atomic E-state index is 12.0. The Hall–Kier alpha value is -1.75. The summed E-state index contributed by atoms with van der Waals surface area (Å²) >= 11 is 0. The molecule has 0 aliphatic carbocycles. The van der Waals surface area contributed by atoms with Crippen molar-refractivity contribution in [2.45, 2.75) is 59.4 Å². The minimum absolute atomic E-state index is 0.130. The van der Waals surface area contributed by atoms with Crippen molar-refractivity contribution in [3.05, 3.63) is 29.6 Å². The molecule has 1 aromatic heterocycles. The van der Waals surface area contributed by atoms with E-state index in [1.807, 2.05) is 37.1 Å². The zero-order valence-electron chi connectivity index (χ0n) is 16.1. The summed E-state index contributed by atoms with van der Waals surface area (Å²) in [4.78, 5) is 22.6. The van der Waals surface area contributed by atoms with Crippen LogP contribution in [0.25, 0.3) is 0 Å². The van der Waals surface area contributed by atoms with Crippen molar-refractivity contribution >= 4 is 12.1 Å². The average Bonchev–Trinajstić information content (AvgIpc) is 2.62. The van der Waals surface area contributed by atoms with E-state index in [4.69, 9.17) is 0 Å². The Bertz CT molecular complexity index is 512. The van der Waals surface area contributed by atoms with Gasteiger partial charge in [-0.15, -0.1) is 0 Å². The van der Waals surface area contributed by atoms with E-state index in [1.165, 1.54) is 25.7 Å². The van der Waals surface area contributed by atoms with Gasteiger partial charge in [0.2, 0.25) is 5.91 Å². The van der Waals surface area contributed by atoms with Gasteiger partial charge >= 0.3 is 0 Å². The Morgan fingerprint density at radius 3 is 2.68 bits per heavy atom. The van der Waals surface area contributed by atoms with Gasteiger partial charge in [-0.25, -0.2) is 0 Å². The smallest absolute Gasteiger partial charge is 0.236 e. The Labute approximate surface area is 152 Å². The average molecular weight is 347 g/mol. The lowest BCUT2D eigenvalue weighted by atomic mass is 10.1. The minimum atomic E-state index is 0.130. The van der Waals surface area contributed by atoms with Crippen LogP contribution in [0.15, 0.2) is 23.3 Å². The van der Waals surface area contributed by atoms with E-state index in [9.17, 15) is 4.79 Å². The van der Waals surface area contributed by atoms with Crippen molar-refractivity contribution in [1.82, 2.24) is 15.2 Å². The number of pyridine rings is 1. The van der Waals surface area contributed by atoms with Crippen LogP contribution >= 0.6 is 0 Å². The van der Waals surface area contributed by atoms with Crippen LogP contribution in [0.5, 0.6) is 0 Å². The number of amides is 1. The molecule has 0 aliphatic rings. The van der Waals surface area contributed by atoms with Crippen molar-refractivity contribution in [1.29, 1.82) is 0 Å². The first-order valence-electron chi connectivity index (χ1n) is 9.64. The summed E-state index contributed by atoms with van der Waals surface area (Å²) in [5.41, 5.74) is 2.00. The molecular weight excluding hydrogens is 312 g/mol. The molecule has 0 radical (unpaired) electrons. The molecule has 5 heteroatoms. The number of nitrogens with one attached hydrogen (secondary N) is 1. The van der Waals surface area contributed by atoms with Crippen LogP contribution in [-0.2, 0) is 11.3 Å². The number of aliphatic imine (C=N–C) groups is 1. The van der Waals surface area contributed by atoms with Crippen molar-refractivity contribution < 1.29 is 4.79 Å². The molecule has 0 spiro atoms. The topological polar surface area (TPSA) is 57.6 Å². The molecule has 1 N–H and O–H groups in total. The predicted octanol–water partition coefficient (Wildman–Crippen LogP) is 3.43. The van der Waals surface area contributed by atoms with Gasteiger partial charge in [0.25, 0.3) is 0 Å². The fraction of sp³-hybridized carbons (Fsp3) is 0.650. The molecule has 0 aliphatic heterocycles. The maximum Gasteiger partial charge on any atom is 0.236 e. The van der Waals surface area contributed by atoms with Gasteiger partial charge in [0.05, 0.1) is 12.2 Å². The van der Waals surface area contributed by atoms with Gasteiger partial charge in [0.1, 0.15) is 0 Å². The molecule has 140 valence electrons. The first-order valence-corrected chi connectivity index (χ1v) is 9.64. The zero-order valence-corrected chi connectivity index (χ0v) is 16.1. The van der Waals surface area contributed by atoms with E-state index in [-0.39, 0.29) is 5.91 Å². The molecule has 0 saturated heterocycles. The third-order valence-corrected chi connectivity index (χ3v) is 4.17. The van der Waals surface area contributed by atoms with E-state index in [1.54, 1.807) is 6.20 Å². The molecule has 1 heterocycles. The van der Waals surface area contributed by atoms with Gasteiger partial charge in [-0.05, 0) is 38.0 Å². The lowest BCUT2D eigenvalue weighted by molar-refractivity contribution is -0.129. The molecular formula is C20H34N4O. The van der Waals surface area contributed by atoms with Crippen LogP contribution in [0, 0.1) is 0 Å². The van der Waals surface area contributed by atoms with Gasteiger partial charge in [0, 0.05) is 38.6 Å². The second-order valence-electron chi connectivity index (χ2n) is 6.20. The molecule has 0 saturated carbocycles. The number of carbonyl (C=O) groups excluding carboxylic acids is 1. The highest BCUT2D eigenvalue weighted by atomic mass is 16.2. The molecule has 0 fully saturated rings. The van der Waals surface area contributed by atoms with E-state index in [0.29, 0.717) is 13.1 Å². The van der Waals surface area contributed by atoms with E-state index in [2.05, 4.69) is 22.2 Å². The van der Waals surface area contributed by atoms with Crippen molar-refractivity contribution in [3.8, 4) is 0 Å². The summed E-state index contributed by atoms with van der Waals surface area (Å²) in [6.45, 7) is 9.54. The summed E-state index contributed by atoms with van der Waals surface area (Å²) < 4.78 is 0. The molecule has 1 rings (SSSR count). The van der Waals surface area contributed by atoms with Crippen LogP contribution in [0.3, 0.4) is 0 Å². The molecule has 1 aromatic rings. The number of aromatic nitrogens is 1. The molecule has 0 aromatic carbocycles. The zero-order chi connectivity index (χ0) is 18.3. The number of unbranched alkanes of at least 4 members (excludes halogenated alkanes) is 4. The van der Waals surface area contributed by atoms with E-state index >= 15 is 0 Å². The van der Waals surface area contributed by atoms with E-state index < -0.39 is 0 Å². The maximum absolute atomic E-state index is 12.0. The van der Waals surface area contributed by atoms with Gasteiger partial charge < -0.3 is 10.2 Å². The quantitative estimate of drug-likeness (QED) is 0.440. The highest BCUT2D eigenvalue weighted by molar-refractivity contribution is 5.79.